The van der Waals surface area contributed by atoms with Crippen LogP contribution in [0.4, 0.5) is 30.7 Å². The Balaban J connectivity index is -0.0000000862. The summed E-state index contributed by atoms with van der Waals surface area (Å²) in [5.74, 6) is 0.625. The Bertz CT molecular complexity index is 841. The third-order valence-corrected chi connectivity index (χ3v) is 7.65. The molecule has 15 heteroatoms. The molecule has 0 aromatic rings. The zero-order chi connectivity index (χ0) is 45.3. The molecule has 0 bridgehead atoms. The van der Waals surface area contributed by atoms with Gasteiger partial charge in [0.05, 0.1) is 48.3 Å². The van der Waals surface area contributed by atoms with Gasteiger partial charge in [-0.1, -0.05) is 54.9 Å². The van der Waals surface area contributed by atoms with Crippen LogP contribution in [-0.2, 0) is 33.3 Å². The summed E-state index contributed by atoms with van der Waals surface area (Å²) >= 11 is 0. The van der Waals surface area contributed by atoms with Gasteiger partial charge in [0.2, 0.25) is 20.8 Å². The normalized spacial score (nSPS) is 15.7. The second kappa shape index (κ2) is 46.0. The number of carbonyl (C=O) groups is 3. The van der Waals surface area contributed by atoms with Gasteiger partial charge >= 0.3 is 17.9 Å². The van der Waals surface area contributed by atoms with Crippen molar-refractivity contribution in [3.05, 3.63) is 20.1 Å². The first kappa shape index (κ1) is 70.4. The van der Waals surface area contributed by atoms with Crippen LogP contribution in [0.3, 0.4) is 0 Å². The number of ether oxygens (including phenoxy) is 4. The summed E-state index contributed by atoms with van der Waals surface area (Å²) < 4.78 is 88.8. The van der Waals surface area contributed by atoms with Crippen molar-refractivity contribution in [3.63, 3.8) is 0 Å². The van der Waals surface area contributed by atoms with Crippen LogP contribution in [0.15, 0.2) is 13.2 Å². The van der Waals surface area contributed by atoms with Crippen molar-refractivity contribution < 1.29 is 64.1 Å². The van der Waals surface area contributed by atoms with Gasteiger partial charge in [0.25, 0.3) is 0 Å². The van der Waals surface area contributed by atoms with Gasteiger partial charge in [0, 0.05) is 0 Å². The number of hydrogen-bond donors (Lipinski definition) is 0. The molecule has 0 aromatic carbocycles. The van der Waals surface area contributed by atoms with E-state index in [0.29, 0.717) is 37.3 Å². The number of alkyl halides is 7. The molecule has 1 saturated carbocycles. The monoisotopic (exact) mass is 1080 g/mol. The van der Waals surface area contributed by atoms with E-state index in [9.17, 15) is 45.1 Å². The Labute approximate surface area is 331 Å². The molecule has 56 heavy (non-hydrogen) atoms. The van der Waals surface area contributed by atoms with E-state index in [-0.39, 0.29) is 47.4 Å². The number of halogens is 7. The van der Waals surface area contributed by atoms with Crippen LogP contribution in [0.25, 0.3) is 0 Å². The minimum Gasteiger partial charge on any atom is -0.498 e. The van der Waals surface area contributed by atoms with Crippen LogP contribution in [0.2, 0.25) is 0 Å². The van der Waals surface area contributed by atoms with Gasteiger partial charge in [0.15, 0.2) is 0 Å². The number of rotatable bonds is 11. The maximum absolute atomic E-state index is 11.8. The predicted octanol–water partition coefficient (Wildman–Crippen LogP) is 12.8. The first-order valence-electron chi connectivity index (χ1n) is 18.9. The Morgan fingerprint density at radius 3 is 1.23 bits per heavy atom. The van der Waals surface area contributed by atoms with E-state index in [4.69, 9.17) is 18.9 Å². The Kier molecular flexibility index (Phi) is 57.9. The van der Waals surface area contributed by atoms with E-state index >= 15 is 0 Å². The average molecular weight is 1090 g/mol. The van der Waals surface area contributed by atoms with E-state index in [0.717, 1.165) is 38.5 Å². The number of hydrogen-bond acceptors (Lipinski definition) is 7. The van der Waals surface area contributed by atoms with Crippen molar-refractivity contribution >= 4 is 17.9 Å². The first-order valence-corrected chi connectivity index (χ1v) is 18.9. The van der Waals surface area contributed by atoms with Crippen LogP contribution < -0.4 is 0 Å². The summed E-state index contributed by atoms with van der Waals surface area (Å²) in [4.78, 5) is 34.2. The quantitative estimate of drug-likeness (QED) is 0.0508. The van der Waals surface area contributed by atoms with Gasteiger partial charge in [-0.3, -0.25) is 18.8 Å². The van der Waals surface area contributed by atoms with Gasteiger partial charge in [-0.2, -0.15) is 0 Å². The Hall–Kier alpha value is -3.38. The number of fused-ring (bicyclic) bond motifs is 1. The van der Waals surface area contributed by atoms with E-state index < -0.39 is 20.8 Å². The molecule has 1 aliphatic heterocycles. The van der Waals surface area contributed by atoms with Crippen molar-refractivity contribution in [2.24, 2.45) is 28.1 Å². The van der Waals surface area contributed by atoms with Crippen LogP contribution >= 0.6 is 0 Å². The first-order chi connectivity index (χ1) is 25.5. The summed E-state index contributed by atoms with van der Waals surface area (Å²) in [7, 11) is 0. The van der Waals surface area contributed by atoms with Crippen LogP contribution in [0.5, 0.6) is 0 Å². The molecule has 3 unspecified atom stereocenters. The average Bonchev–Trinajstić information content (AvgIpc) is 3.92. The molecule has 3 atom stereocenters. The summed E-state index contributed by atoms with van der Waals surface area (Å²) in [6.07, 6.45) is 8.05. The molecular weight excluding hydrogens is 1000 g/mol. The molecule has 1 aliphatic carbocycles. The van der Waals surface area contributed by atoms with Crippen molar-refractivity contribution in [2.45, 2.75) is 154 Å². The van der Waals surface area contributed by atoms with Crippen LogP contribution in [-0.4, -0.2) is 77.4 Å². The zero-order valence-corrected chi connectivity index (χ0v) is 43.9. The standard InChI is InChI=1S/C13H22O3.C10H20O2.C8H15O2.C3H8.C2H5F.C2H4.3CH2F2.Rf/c1-4-13(2,3)12(14)15-8-9-5-6-10-11(7-9)16-10;1-6-10(4,5)9(11)12-7-8(2)3;1-5-8(3,4)7(9)10-6-2;1-3-2;1-2-3;1-2;3*2-1-3;/h9-11H,4-8H2,1-3H3;8H,6-7H2,1-5H3;2,5-6H2,1,3-4H3;3H2,1-2H3;2H2,1H3;1-2H2;3*1H2;/q;;-1;;;;;;;. The van der Waals surface area contributed by atoms with E-state index in [2.05, 4.69) is 33.9 Å². The second-order valence-corrected chi connectivity index (χ2v) is 14.1. The molecule has 2 fully saturated rings. The largest absolute Gasteiger partial charge is 0.498 e. The molecule has 7 nitrogen and oxygen atoms in total. The molecule has 338 valence electrons. The van der Waals surface area contributed by atoms with Gasteiger partial charge in [-0.15, -0.1) is 13.2 Å². The fourth-order valence-electron chi connectivity index (χ4n) is 3.19. The second-order valence-electron chi connectivity index (χ2n) is 14.1. The topological polar surface area (TPSA) is 91.4 Å². The SMILES string of the molecule is C=C.CCC.CCC(C)(C)C(=O)OCC(C)C.CCC(C)(C)C(=O)OCC1CCC2OC2C1.CCF.FCF.FCF.FCF.[CH2-]COC(=O)C(C)(C)CC.[Rf]. The molecule has 0 amide bonds. The van der Waals surface area contributed by atoms with Crippen LogP contribution in [0, 0.1) is 35.0 Å². The van der Waals surface area contributed by atoms with Gasteiger partial charge < -0.3 is 25.9 Å². The predicted molar refractivity (Wildman–Crippen MR) is 211 cm³/mol. The van der Waals surface area contributed by atoms with Crippen LogP contribution in [0.1, 0.15) is 142 Å². The Morgan fingerprint density at radius 2 is 0.964 bits per heavy atom. The summed E-state index contributed by atoms with van der Waals surface area (Å²) in [5, 5.41) is 0. The van der Waals surface area contributed by atoms with Crippen molar-refractivity contribution in [3.8, 4) is 0 Å². The van der Waals surface area contributed by atoms with Gasteiger partial charge in [-0.25, -0.2) is 26.3 Å². The fourth-order valence-corrected chi connectivity index (χ4v) is 3.19. The molecule has 1 saturated heterocycles. The number of esters is 3. The Morgan fingerprint density at radius 1 is 0.661 bits per heavy atom. The van der Waals surface area contributed by atoms with E-state index in [1.807, 2.05) is 76.2 Å². The maximum Gasteiger partial charge on any atom is 0.311 e. The molecular formula is C41H80F7O7Rf-. The third-order valence-electron chi connectivity index (χ3n) is 7.65. The summed E-state index contributed by atoms with van der Waals surface area (Å²) in [6.45, 7) is 32.5. The zero-order valence-electron chi connectivity index (χ0n) is 37.5. The van der Waals surface area contributed by atoms with Crippen molar-refractivity contribution in [1.82, 2.24) is 0 Å². The smallest absolute Gasteiger partial charge is 0.311 e. The molecule has 2 aliphatic rings. The molecule has 0 aromatic heterocycles. The van der Waals surface area contributed by atoms with Crippen molar-refractivity contribution in [2.75, 3.05) is 47.3 Å². The van der Waals surface area contributed by atoms with Crippen molar-refractivity contribution in [1.29, 1.82) is 0 Å². The summed E-state index contributed by atoms with van der Waals surface area (Å²) in [6, 6.07) is 0. The molecule has 0 radical (unpaired) electrons. The van der Waals surface area contributed by atoms with E-state index in [1.54, 1.807) is 0 Å². The minimum atomic E-state index is -1.75. The van der Waals surface area contributed by atoms with E-state index in [1.165, 1.54) is 13.3 Å². The number of carbonyl (C=O) groups excluding carboxylic acids is 3. The van der Waals surface area contributed by atoms with Gasteiger partial charge in [-0.05, 0) is 105 Å². The minimum absolute atomic E-state index is 0. The number of epoxide rings is 1. The van der Waals surface area contributed by atoms with Gasteiger partial charge in [0.1, 0.15) is 0 Å². The third kappa shape index (κ3) is 46.8. The summed E-state index contributed by atoms with van der Waals surface area (Å²) in [5.41, 5.74) is -1.01. The molecule has 1 heterocycles. The maximum atomic E-state index is 11.8. The molecule has 0 N–H and O–H groups in total. The fraction of sp³-hybridized carbons (Fsp3) is 0.854. The molecule has 2 rings (SSSR count). The molecule has 0 spiro atoms.